The first-order chi connectivity index (χ1) is 12.4. The Hall–Kier alpha value is -2.61. The van der Waals surface area contributed by atoms with E-state index in [4.69, 9.17) is 0 Å². The third-order valence-electron chi connectivity index (χ3n) is 3.67. The maximum absolute atomic E-state index is 12.1. The smallest absolute Gasteiger partial charge is 0.254 e. The molecule has 3 N–H and O–H groups in total. The molecule has 2 aromatic rings. The van der Waals surface area contributed by atoms with Gasteiger partial charge in [-0.3, -0.25) is 14.4 Å². The Balaban J connectivity index is 1.91. The van der Waals surface area contributed by atoms with Crippen molar-refractivity contribution >= 4 is 35.0 Å². The number of nitrogens with one attached hydrogen (secondary N) is 3. The first-order valence-electron chi connectivity index (χ1n) is 8.35. The van der Waals surface area contributed by atoms with E-state index in [0.717, 1.165) is 0 Å². The predicted molar refractivity (Wildman–Crippen MR) is 104 cm³/mol. The minimum atomic E-state index is -0.208. The number of benzene rings is 1. The molecule has 0 radical (unpaired) electrons. The van der Waals surface area contributed by atoms with Gasteiger partial charge in [0.1, 0.15) is 0 Å². The zero-order valence-corrected chi connectivity index (χ0v) is 15.8. The van der Waals surface area contributed by atoms with Gasteiger partial charge in [-0.05, 0) is 37.6 Å². The second kappa shape index (κ2) is 9.19. The molecule has 7 nitrogen and oxygen atoms in total. The van der Waals surface area contributed by atoms with Crippen LogP contribution >= 0.6 is 11.8 Å². The summed E-state index contributed by atoms with van der Waals surface area (Å²) in [6.45, 7) is 5.47. The number of hydrogen-bond acceptors (Lipinski definition) is 5. The number of thioether (sulfide) groups is 1. The van der Waals surface area contributed by atoms with Crippen LogP contribution in [0.4, 0.5) is 11.4 Å². The Morgan fingerprint density at radius 2 is 1.65 bits per heavy atom. The van der Waals surface area contributed by atoms with Crippen LogP contribution in [0.1, 0.15) is 31.5 Å². The molecule has 0 fully saturated rings. The van der Waals surface area contributed by atoms with Crippen LogP contribution in [0.15, 0.2) is 34.2 Å². The van der Waals surface area contributed by atoms with Crippen molar-refractivity contribution in [3.8, 4) is 0 Å². The number of rotatable bonds is 7. The third kappa shape index (κ3) is 5.45. The number of aryl methyl sites for hydroxylation is 1. The van der Waals surface area contributed by atoms with Crippen molar-refractivity contribution in [1.29, 1.82) is 0 Å². The van der Waals surface area contributed by atoms with Gasteiger partial charge in [-0.15, -0.1) is 0 Å². The van der Waals surface area contributed by atoms with E-state index in [0.29, 0.717) is 40.6 Å². The molecule has 1 heterocycles. The van der Waals surface area contributed by atoms with E-state index >= 15 is 0 Å². The minimum Gasteiger partial charge on any atom is -0.326 e. The van der Waals surface area contributed by atoms with Gasteiger partial charge < -0.3 is 15.6 Å². The minimum absolute atomic E-state index is 0.0657. The Kier molecular flexibility index (Phi) is 6.97. The number of anilines is 2. The van der Waals surface area contributed by atoms with E-state index in [-0.39, 0.29) is 23.1 Å². The summed E-state index contributed by atoms with van der Waals surface area (Å²) < 4.78 is 0. The standard InChI is InChI=1S/C18H22N4O3S/c1-4-14-11(3)19-18(22-17(14)25)26-10-16(24)21-13-8-6-12(7-9-13)20-15(23)5-2/h6-9H,4-5,10H2,1-3H3,(H,20,23)(H,21,24)(H,19,22,25). The molecule has 1 aromatic heterocycles. The topological polar surface area (TPSA) is 104 Å². The molecule has 0 aliphatic rings. The SMILES string of the molecule is CCC(=O)Nc1ccc(NC(=O)CSc2nc(C)c(CC)c(=O)[nH]2)cc1. The highest BCUT2D eigenvalue weighted by Gasteiger charge is 2.09. The maximum atomic E-state index is 12.1. The molecule has 0 unspecified atom stereocenters. The van der Waals surface area contributed by atoms with Crippen molar-refractivity contribution in [2.45, 2.75) is 38.8 Å². The second-order valence-corrected chi connectivity index (χ2v) is 6.57. The van der Waals surface area contributed by atoms with E-state index in [9.17, 15) is 14.4 Å². The van der Waals surface area contributed by atoms with E-state index in [2.05, 4.69) is 20.6 Å². The fourth-order valence-corrected chi connectivity index (χ4v) is 2.99. The van der Waals surface area contributed by atoms with Crippen LogP contribution in [-0.4, -0.2) is 27.5 Å². The summed E-state index contributed by atoms with van der Waals surface area (Å²) in [6.07, 6.45) is 1.03. The average molecular weight is 374 g/mol. The molecule has 0 spiro atoms. The highest BCUT2D eigenvalue weighted by atomic mass is 32.2. The lowest BCUT2D eigenvalue weighted by molar-refractivity contribution is -0.116. The van der Waals surface area contributed by atoms with E-state index in [1.54, 1.807) is 38.1 Å². The summed E-state index contributed by atoms with van der Waals surface area (Å²) in [5.41, 5.74) is 2.49. The van der Waals surface area contributed by atoms with Crippen molar-refractivity contribution in [1.82, 2.24) is 9.97 Å². The molecule has 0 bridgehead atoms. The van der Waals surface area contributed by atoms with Crippen LogP contribution in [0.25, 0.3) is 0 Å². The van der Waals surface area contributed by atoms with E-state index < -0.39 is 0 Å². The van der Waals surface area contributed by atoms with E-state index in [1.807, 2.05) is 6.92 Å². The third-order valence-corrected chi connectivity index (χ3v) is 4.54. The molecule has 8 heteroatoms. The zero-order chi connectivity index (χ0) is 19.1. The Labute approximate surface area is 156 Å². The predicted octanol–water partition coefficient (Wildman–Crippen LogP) is 2.72. The molecule has 0 aliphatic heterocycles. The highest BCUT2D eigenvalue weighted by molar-refractivity contribution is 7.99. The summed E-state index contributed by atoms with van der Waals surface area (Å²) in [7, 11) is 0. The molecular weight excluding hydrogens is 352 g/mol. The first-order valence-corrected chi connectivity index (χ1v) is 9.33. The summed E-state index contributed by atoms with van der Waals surface area (Å²) >= 11 is 1.17. The normalized spacial score (nSPS) is 10.4. The van der Waals surface area contributed by atoms with Gasteiger partial charge in [0.15, 0.2) is 5.16 Å². The highest BCUT2D eigenvalue weighted by Crippen LogP contribution is 2.16. The Morgan fingerprint density at radius 3 is 2.15 bits per heavy atom. The van der Waals surface area contributed by atoms with Gasteiger partial charge in [-0.25, -0.2) is 4.98 Å². The van der Waals surface area contributed by atoms with Crippen LogP contribution in [-0.2, 0) is 16.0 Å². The summed E-state index contributed by atoms with van der Waals surface area (Å²) in [5.74, 6) is -0.147. The Morgan fingerprint density at radius 1 is 1.08 bits per heavy atom. The van der Waals surface area contributed by atoms with Crippen molar-refractivity contribution in [2.24, 2.45) is 0 Å². The van der Waals surface area contributed by atoms with Crippen molar-refractivity contribution in [2.75, 3.05) is 16.4 Å². The van der Waals surface area contributed by atoms with Crippen molar-refractivity contribution in [3.63, 3.8) is 0 Å². The largest absolute Gasteiger partial charge is 0.326 e. The molecule has 26 heavy (non-hydrogen) atoms. The monoisotopic (exact) mass is 374 g/mol. The van der Waals surface area contributed by atoms with Gasteiger partial charge >= 0.3 is 0 Å². The van der Waals surface area contributed by atoms with Crippen molar-refractivity contribution < 1.29 is 9.59 Å². The summed E-state index contributed by atoms with van der Waals surface area (Å²) in [5, 5.41) is 5.94. The van der Waals surface area contributed by atoms with Crippen LogP contribution in [0.2, 0.25) is 0 Å². The number of carbonyl (C=O) groups is 2. The number of nitrogens with zero attached hydrogens (tertiary/aromatic N) is 1. The van der Waals surface area contributed by atoms with Gasteiger partial charge in [0.05, 0.1) is 5.75 Å². The average Bonchev–Trinajstić information content (AvgIpc) is 2.61. The molecule has 138 valence electrons. The van der Waals surface area contributed by atoms with E-state index in [1.165, 1.54) is 11.8 Å². The van der Waals surface area contributed by atoms with Crippen molar-refractivity contribution in [3.05, 3.63) is 45.9 Å². The van der Waals surface area contributed by atoms with Crippen LogP contribution < -0.4 is 16.2 Å². The zero-order valence-electron chi connectivity index (χ0n) is 15.0. The molecule has 2 amide bonds. The fraction of sp³-hybridized carbons (Fsp3) is 0.333. The number of H-pyrrole nitrogens is 1. The fourth-order valence-electron chi connectivity index (χ4n) is 2.29. The number of hydrogen-bond donors (Lipinski definition) is 3. The first kappa shape index (κ1) is 19.7. The lowest BCUT2D eigenvalue weighted by Crippen LogP contribution is -2.18. The number of amides is 2. The van der Waals surface area contributed by atoms with Gasteiger partial charge in [0.25, 0.3) is 5.56 Å². The van der Waals surface area contributed by atoms with Gasteiger partial charge in [0, 0.05) is 29.1 Å². The number of aromatic amines is 1. The molecule has 0 aliphatic carbocycles. The number of carbonyl (C=O) groups excluding carboxylic acids is 2. The molecule has 0 saturated carbocycles. The molecule has 2 rings (SSSR count). The molecule has 0 atom stereocenters. The maximum Gasteiger partial charge on any atom is 0.254 e. The summed E-state index contributed by atoms with van der Waals surface area (Å²) in [4.78, 5) is 42.3. The second-order valence-electron chi connectivity index (χ2n) is 5.60. The van der Waals surface area contributed by atoms with Gasteiger partial charge in [-0.2, -0.15) is 0 Å². The molecule has 0 saturated heterocycles. The van der Waals surface area contributed by atoms with Gasteiger partial charge in [-0.1, -0.05) is 25.6 Å². The lowest BCUT2D eigenvalue weighted by atomic mass is 10.2. The van der Waals surface area contributed by atoms with Gasteiger partial charge in [0.2, 0.25) is 11.8 Å². The quantitative estimate of drug-likeness (QED) is 0.511. The summed E-state index contributed by atoms with van der Waals surface area (Å²) in [6, 6.07) is 6.88. The molecular formula is C18H22N4O3S. The molecule has 1 aromatic carbocycles. The lowest BCUT2D eigenvalue weighted by Gasteiger charge is -2.08. The van der Waals surface area contributed by atoms with Crippen LogP contribution in [0.3, 0.4) is 0 Å². The number of aromatic nitrogens is 2. The van der Waals surface area contributed by atoms with Crippen LogP contribution in [0, 0.1) is 6.92 Å². The Bertz CT molecular complexity index is 847. The van der Waals surface area contributed by atoms with Crippen LogP contribution in [0.5, 0.6) is 0 Å².